The maximum Gasteiger partial charge on any atom is 0.276 e. The lowest BCUT2D eigenvalue weighted by Gasteiger charge is -2.06. The zero-order valence-corrected chi connectivity index (χ0v) is 10.5. The fraction of sp³-hybridized carbons (Fsp3) is 0.154. The number of rotatable bonds is 2. The molecule has 0 atom stereocenters. The molecular formula is C13H12FN3O2. The molecule has 0 spiro atoms. The van der Waals surface area contributed by atoms with Crippen molar-refractivity contribution in [3.05, 3.63) is 57.8 Å². The second kappa shape index (κ2) is 5.01. The fourth-order valence-electron chi connectivity index (χ4n) is 1.49. The summed E-state index contributed by atoms with van der Waals surface area (Å²) in [6.45, 7) is 1.63. The van der Waals surface area contributed by atoms with Gasteiger partial charge >= 0.3 is 0 Å². The Balaban J connectivity index is 2.22. The largest absolute Gasteiger partial charge is 0.320 e. The summed E-state index contributed by atoms with van der Waals surface area (Å²) in [6.07, 6.45) is 0. The van der Waals surface area contributed by atoms with Crippen molar-refractivity contribution in [1.29, 1.82) is 0 Å². The van der Waals surface area contributed by atoms with Gasteiger partial charge in [-0.05, 0) is 30.7 Å². The Morgan fingerprint density at radius 2 is 2.05 bits per heavy atom. The van der Waals surface area contributed by atoms with E-state index in [1.165, 1.54) is 25.2 Å². The maximum absolute atomic E-state index is 13.3. The van der Waals surface area contributed by atoms with E-state index in [0.29, 0.717) is 11.3 Å². The quantitative estimate of drug-likeness (QED) is 0.890. The molecule has 0 saturated carbocycles. The molecule has 1 aromatic carbocycles. The first kappa shape index (κ1) is 12.9. The third kappa shape index (κ3) is 2.85. The summed E-state index contributed by atoms with van der Waals surface area (Å²) in [5.74, 6) is -0.898. The van der Waals surface area contributed by atoms with Crippen LogP contribution in [0.2, 0.25) is 0 Å². The van der Waals surface area contributed by atoms with Crippen molar-refractivity contribution >= 4 is 11.6 Å². The van der Waals surface area contributed by atoms with Crippen LogP contribution in [0.5, 0.6) is 0 Å². The van der Waals surface area contributed by atoms with Crippen LogP contribution in [0.3, 0.4) is 0 Å². The summed E-state index contributed by atoms with van der Waals surface area (Å²) in [5.41, 5.74) is 0.614. The summed E-state index contributed by atoms with van der Waals surface area (Å²) < 4.78 is 14.4. The third-order valence-corrected chi connectivity index (χ3v) is 2.62. The van der Waals surface area contributed by atoms with Crippen LogP contribution in [0.4, 0.5) is 10.1 Å². The SMILES string of the molecule is Cc1ccc(NC(=O)c2ccc(=O)n(C)n2)cc1F. The van der Waals surface area contributed by atoms with Gasteiger partial charge in [0.05, 0.1) is 0 Å². The molecule has 0 radical (unpaired) electrons. The number of hydrogen-bond donors (Lipinski definition) is 1. The molecule has 5 nitrogen and oxygen atoms in total. The van der Waals surface area contributed by atoms with Crippen molar-refractivity contribution < 1.29 is 9.18 Å². The van der Waals surface area contributed by atoms with Gasteiger partial charge in [-0.15, -0.1) is 0 Å². The second-order valence-corrected chi connectivity index (χ2v) is 4.10. The first-order valence-corrected chi connectivity index (χ1v) is 5.59. The Morgan fingerprint density at radius 3 is 2.68 bits per heavy atom. The van der Waals surface area contributed by atoms with Crippen LogP contribution >= 0.6 is 0 Å². The van der Waals surface area contributed by atoms with Crippen LogP contribution in [0.25, 0.3) is 0 Å². The number of benzene rings is 1. The summed E-state index contributed by atoms with van der Waals surface area (Å²) >= 11 is 0. The summed E-state index contributed by atoms with van der Waals surface area (Å²) in [5, 5.41) is 6.32. The maximum atomic E-state index is 13.3. The minimum atomic E-state index is -0.501. The van der Waals surface area contributed by atoms with E-state index in [9.17, 15) is 14.0 Å². The summed E-state index contributed by atoms with van der Waals surface area (Å²) in [4.78, 5) is 23.0. The van der Waals surface area contributed by atoms with Crippen LogP contribution in [0.15, 0.2) is 35.1 Å². The van der Waals surface area contributed by atoms with Gasteiger partial charge < -0.3 is 5.32 Å². The first-order valence-electron chi connectivity index (χ1n) is 5.59. The van der Waals surface area contributed by atoms with Gasteiger partial charge in [-0.3, -0.25) is 9.59 Å². The van der Waals surface area contributed by atoms with E-state index in [1.54, 1.807) is 19.1 Å². The number of hydrogen-bond acceptors (Lipinski definition) is 3. The Hall–Kier alpha value is -2.50. The van der Waals surface area contributed by atoms with Gasteiger partial charge in [0, 0.05) is 18.8 Å². The van der Waals surface area contributed by atoms with Crippen LogP contribution in [-0.4, -0.2) is 15.7 Å². The highest BCUT2D eigenvalue weighted by Gasteiger charge is 2.09. The third-order valence-electron chi connectivity index (χ3n) is 2.62. The summed E-state index contributed by atoms with van der Waals surface area (Å²) in [7, 11) is 1.45. The topological polar surface area (TPSA) is 64.0 Å². The van der Waals surface area contributed by atoms with E-state index in [4.69, 9.17) is 0 Å². The highest BCUT2D eigenvalue weighted by Crippen LogP contribution is 2.14. The van der Waals surface area contributed by atoms with Gasteiger partial charge in [0.25, 0.3) is 11.5 Å². The number of aromatic nitrogens is 2. The number of aryl methyl sites for hydroxylation is 2. The van der Waals surface area contributed by atoms with Gasteiger partial charge in [-0.1, -0.05) is 6.07 Å². The highest BCUT2D eigenvalue weighted by molar-refractivity contribution is 6.02. The number of nitrogens with one attached hydrogen (secondary N) is 1. The van der Waals surface area contributed by atoms with E-state index in [1.807, 2.05) is 0 Å². The molecule has 0 saturated heterocycles. The lowest BCUT2D eigenvalue weighted by atomic mass is 10.2. The van der Waals surface area contributed by atoms with Crippen molar-refractivity contribution in [2.75, 3.05) is 5.32 Å². The monoisotopic (exact) mass is 261 g/mol. The van der Waals surface area contributed by atoms with Crippen molar-refractivity contribution in [1.82, 2.24) is 9.78 Å². The molecule has 98 valence electrons. The molecule has 0 unspecified atom stereocenters. The standard InChI is InChI=1S/C13H12FN3O2/c1-8-3-4-9(7-10(8)14)15-13(19)11-5-6-12(18)17(2)16-11/h3-7H,1-2H3,(H,15,19). The van der Waals surface area contributed by atoms with Gasteiger partial charge in [-0.2, -0.15) is 5.10 Å². The molecule has 0 bridgehead atoms. The highest BCUT2D eigenvalue weighted by atomic mass is 19.1. The molecule has 1 aromatic heterocycles. The van der Waals surface area contributed by atoms with E-state index < -0.39 is 11.7 Å². The van der Waals surface area contributed by atoms with Gasteiger partial charge in [-0.25, -0.2) is 9.07 Å². The number of carbonyl (C=O) groups is 1. The summed E-state index contributed by atoms with van der Waals surface area (Å²) in [6, 6.07) is 6.96. The predicted octanol–water partition coefficient (Wildman–Crippen LogP) is 1.48. The fourth-order valence-corrected chi connectivity index (χ4v) is 1.49. The Morgan fingerprint density at radius 1 is 1.32 bits per heavy atom. The minimum Gasteiger partial charge on any atom is -0.320 e. The van der Waals surface area contributed by atoms with E-state index in [0.717, 1.165) is 4.68 Å². The lowest BCUT2D eigenvalue weighted by Crippen LogP contribution is -2.23. The molecule has 0 fully saturated rings. The minimum absolute atomic E-state index is 0.0862. The van der Waals surface area contributed by atoms with Crippen molar-refractivity contribution in [2.24, 2.45) is 7.05 Å². The van der Waals surface area contributed by atoms with E-state index >= 15 is 0 Å². The normalized spacial score (nSPS) is 10.3. The molecular weight excluding hydrogens is 249 g/mol. The molecule has 0 aliphatic carbocycles. The van der Waals surface area contributed by atoms with Crippen molar-refractivity contribution in [3.63, 3.8) is 0 Å². The smallest absolute Gasteiger partial charge is 0.276 e. The van der Waals surface area contributed by atoms with Crippen LogP contribution < -0.4 is 10.9 Å². The molecule has 1 amide bonds. The zero-order valence-electron chi connectivity index (χ0n) is 10.5. The van der Waals surface area contributed by atoms with Crippen LogP contribution in [0.1, 0.15) is 16.1 Å². The van der Waals surface area contributed by atoms with Gasteiger partial charge in [0.15, 0.2) is 0 Å². The molecule has 1 heterocycles. The van der Waals surface area contributed by atoms with Crippen molar-refractivity contribution in [2.45, 2.75) is 6.92 Å². The van der Waals surface area contributed by atoms with E-state index in [-0.39, 0.29) is 11.3 Å². The van der Waals surface area contributed by atoms with Gasteiger partial charge in [0.1, 0.15) is 11.5 Å². The van der Waals surface area contributed by atoms with Crippen molar-refractivity contribution in [3.8, 4) is 0 Å². The number of nitrogens with zero attached hydrogens (tertiary/aromatic N) is 2. The molecule has 0 aliphatic rings. The molecule has 2 aromatic rings. The Bertz CT molecular complexity index is 695. The Labute approximate surface area is 108 Å². The lowest BCUT2D eigenvalue weighted by molar-refractivity contribution is 0.102. The number of anilines is 1. The van der Waals surface area contributed by atoms with E-state index in [2.05, 4.69) is 10.4 Å². The van der Waals surface area contributed by atoms with Crippen LogP contribution in [0, 0.1) is 12.7 Å². The zero-order chi connectivity index (χ0) is 14.0. The molecule has 2 rings (SSSR count). The number of amides is 1. The molecule has 19 heavy (non-hydrogen) atoms. The predicted molar refractivity (Wildman–Crippen MR) is 68.6 cm³/mol. The molecule has 1 N–H and O–H groups in total. The number of carbonyl (C=O) groups excluding carboxylic acids is 1. The Kier molecular flexibility index (Phi) is 3.41. The average Bonchev–Trinajstić information content (AvgIpc) is 2.37. The van der Waals surface area contributed by atoms with Gasteiger partial charge in [0.2, 0.25) is 0 Å². The number of halogens is 1. The van der Waals surface area contributed by atoms with Crippen LogP contribution in [-0.2, 0) is 7.05 Å². The molecule has 0 aliphatic heterocycles. The average molecular weight is 261 g/mol. The molecule has 6 heteroatoms. The second-order valence-electron chi connectivity index (χ2n) is 4.10. The first-order chi connectivity index (χ1) is 8.97.